The van der Waals surface area contributed by atoms with E-state index in [1.807, 2.05) is 6.92 Å². The minimum absolute atomic E-state index is 0.167. The normalized spacial score (nSPS) is 24.7. The lowest BCUT2D eigenvalue weighted by molar-refractivity contribution is -0.136. The Labute approximate surface area is 189 Å². The molecular weight excluding hydrogens is 408 g/mol. The van der Waals surface area contributed by atoms with Crippen LogP contribution in [0.15, 0.2) is 24.3 Å². The van der Waals surface area contributed by atoms with Crippen molar-refractivity contribution in [2.45, 2.75) is 63.5 Å². The number of hydrogen-bond acceptors (Lipinski definition) is 6. The molecule has 4 rings (SSSR count). The van der Waals surface area contributed by atoms with Crippen LogP contribution in [0.4, 0.5) is 5.69 Å². The van der Waals surface area contributed by atoms with Crippen LogP contribution in [-0.2, 0) is 14.4 Å². The smallest absolute Gasteiger partial charge is 0.251 e. The molecule has 1 aromatic carbocycles. The number of piperidine rings is 2. The Morgan fingerprint density at radius 3 is 2.31 bits per heavy atom. The number of rotatable bonds is 7. The van der Waals surface area contributed by atoms with Crippen molar-refractivity contribution in [1.29, 1.82) is 0 Å². The summed E-state index contributed by atoms with van der Waals surface area (Å²) in [4.78, 5) is 44.0. The van der Waals surface area contributed by atoms with Crippen molar-refractivity contribution < 1.29 is 19.1 Å². The minimum atomic E-state index is -0.628. The quantitative estimate of drug-likeness (QED) is 0.648. The number of likely N-dealkylation sites (tertiary alicyclic amines) is 2. The number of nitrogens with zero attached hydrogens (tertiary/aromatic N) is 3. The van der Waals surface area contributed by atoms with Crippen molar-refractivity contribution in [1.82, 2.24) is 9.80 Å². The zero-order valence-electron chi connectivity index (χ0n) is 18.9. The number of hydrogen-bond donors (Lipinski definition) is 1. The highest BCUT2D eigenvalue weighted by Crippen LogP contribution is 2.35. The van der Waals surface area contributed by atoms with Crippen LogP contribution in [-0.4, -0.2) is 71.9 Å². The Hall–Kier alpha value is -2.45. The van der Waals surface area contributed by atoms with Gasteiger partial charge in [-0.15, -0.1) is 0 Å². The topological polar surface area (TPSA) is 96.2 Å². The molecule has 3 aliphatic heterocycles. The van der Waals surface area contributed by atoms with E-state index in [4.69, 9.17) is 10.5 Å². The van der Waals surface area contributed by atoms with Crippen molar-refractivity contribution in [3.8, 4) is 5.75 Å². The molecule has 3 heterocycles. The van der Waals surface area contributed by atoms with E-state index in [0.717, 1.165) is 38.1 Å². The van der Waals surface area contributed by atoms with Gasteiger partial charge in [-0.25, -0.2) is 4.90 Å². The summed E-state index contributed by atoms with van der Waals surface area (Å²) >= 11 is 0. The Bertz CT molecular complexity index is 842. The molecule has 0 aromatic heterocycles. The maximum atomic E-state index is 13.2. The van der Waals surface area contributed by atoms with E-state index in [9.17, 15) is 14.4 Å². The molecule has 0 saturated carbocycles. The van der Waals surface area contributed by atoms with Crippen molar-refractivity contribution in [3.63, 3.8) is 0 Å². The van der Waals surface area contributed by atoms with Gasteiger partial charge in [-0.1, -0.05) is 13.3 Å². The molecule has 3 fully saturated rings. The van der Waals surface area contributed by atoms with Crippen molar-refractivity contribution in [2.75, 3.05) is 37.7 Å². The molecule has 1 aromatic rings. The molecule has 174 valence electrons. The SMILES string of the molecule is CCCOc1ccc(N2C(=O)CC(N3CCC(C(N)=O)(N4CCCCC4)CC3)C2=O)cc1. The van der Waals surface area contributed by atoms with Gasteiger partial charge in [0.05, 0.1) is 24.8 Å². The molecule has 3 saturated heterocycles. The fourth-order valence-corrected chi connectivity index (χ4v) is 5.33. The number of carbonyl (C=O) groups is 3. The number of amides is 3. The standard InChI is InChI=1S/C24H34N4O4/c1-2-16-32-19-8-6-18(7-9-19)28-21(29)17-20(22(28)30)26-14-10-24(11-15-26,23(25)31)27-12-4-3-5-13-27/h6-9,20H,2-5,10-17H2,1H3,(H2,25,31). The van der Waals surface area contributed by atoms with Gasteiger partial charge >= 0.3 is 0 Å². The van der Waals surface area contributed by atoms with Gasteiger partial charge in [-0.05, 0) is 69.5 Å². The Kier molecular flexibility index (Phi) is 6.81. The van der Waals surface area contributed by atoms with E-state index in [-0.39, 0.29) is 24.1 Å². The summed E-state index contributed by atoms with van der Waals surface area (Å²) in [5.41, 5.74) is 5.83. The zero-order chi connectivity index (χ0) is 22.7. The molecule has 0 radical (unpaired) electrons. The van der Waals surface area contributed by atoms with Gasteiger partial charge in [0.1, 0.15) is 11.3 Å². The lowest BCUT2D eigenvalue weighted by Gasteiger charge is -2.48. The summed E-state index contributed by atoms with van der Waals surface area (Å²) in [5.74, 6) is 0.0782. The molecule has 0 aliphatic carbocycles. The first-order chi connectivity index (χ1) is 15.5. The number of anilines is 1. The van der Waals surface area contributed by atoms with E-state index >= 15 is 0 Å². The Morgan fingerprint density at radius 2 is 1.72 bits per heavy atom. The summed E-state index contributed by atoms with van der Waals surface area (Å²) in [6.07, 6.45) is 5.65. The van der Waals surface area contributed by atoms with Gasteiger partial charge in [0.15, 0.2) is 0 Å². The van der Waals surface area contributed by atoms with Crippen LogP contribution >= 0.6 is 0 Å². The third-order valence-corrected chi connectivity index (χ3v) is 7.18. The van der Waals surface area contributed by atoms with Crippen LogP contribution in [0.3, 0.4) is 0 Å². The van der Waals surface area contributed by atoms with Crippen molar-refractivity contribution in [3.05, 3.63) is 24.3 Å². The van der Waals surface area contributed by atoms with Gasteiger partial charge in [-0.3, -0.25) is 24.2 Å². The molecule has 0 spiro atoms. The van der Waals surface area contributed by atoms with Gasteiger partial charge in [-0.2, -0.15) is 0 Å². The average Bonchev–Trinajstić information content (AvgIpc) is 3.12. The largest absolute Gasteiger partial charge is 0.494 e. The maximum Gasteiger partial charge on any atom is 0.251 e. The third kappa shape index (κ3) is 4.26. The van der Waals surface area contributed by atoms with Gasteiger partial charge in [0.25, 0.3) is 5.91 Å². The minimum Gasteiger partial charge on any atom is -0.494 e. The van der Waals surface area contributed by atoms with Crippen LogP contribution in [0.1, 0.15) is 51.9 Å². The van der Waals surface area contributed by atoms with Crippen LogP contribution in [0.2, 0.25) is 0 Å². The van der Waals surface area contributed by atoms with Crippen LogP contribution in [0.5, 0.6) is 5.75 Å². The monoisotopic (exact) mass is 442 g/mol. The second-order valence-corrected chi connectivity index (χ2v) is 9.11. The lowest BCUT2D eigenvalue weighted by atomic mass is 9.83. The first kappa shape index (κ1) is 22.7. The molecule has 8 heteroatoms. The van der Waals surface area contributed by atoms with E-state index < -0.39 is 11.6 Å². The molecule has 1 unspecified atom stereocenters. The molecule has 2 N–H and O–H groups in total. The van der Waals surface area contributed by atoms with Crippen molar-refractivity contribution >= 4 is 23.4 Å². The predicted molar refractivity (Wildman–Crippen MR) is 121 cm³/mol. The molecule has 32 heavy (non-hydrogen) atoms. The van der Waals surface area contributed by atoms with E-state index in [2.05, 4.69) is 9.80 Å². The summed E-state index contributed by atoms with van der Waals surface area (Å²) in [5, 5.41) is 0. The van der Waals surface area contributed by atoms with Gasteiger partial charge in [0.2, 0.25) is 11.8 Å². The molecule has 0 bridgehead atoms. The number of ether oxygens (including phenoxy) is 1. The predicted octanol–water partition coefficient (Wildman–Crippen LogP) is 1.91. The van der Waals surface area contributed by atoms with Crippen LogP contribution < -0.4 is 15.4 Å². The summed E-state index contributed by atoms with van der Waals surface area (Å²) in [7, 11) is 0. The second kappa shape index (κ2) is 9.58. The highest BCUT2D eigenvalue weighted by molar-refractivity contribution is 6.22. The maximum absolute atomic E-state index is 13.2. The number of benzene rings is 1. The van der Waals surface area contributed by atoms with Crippen LogP contribution in [0.25, 0.3) is 0 Å². The van der Waals surface area contributed by atoms with Gasteiger partial charge < -0.3 is 10.5 Å². The molecular formula is C24H34N4O4. The molecule has 3 amide bonds. The Balaban J connectivity index is 1.42. The molecule has 3 aliphatic rings. The van der Waals surface area contributed by atoms with E-state index in [1.54, 1.807) is 24.3 Å². The first-order valence-electron chi connectivity index (χ1n) is 11.8. The van der Waals surface area contributed by atoms with E-state index in [0.29, 0.717) is 38.2 Å². The number of carbonyl (C=O) groups excluding carboxylic acids is 3. The number of primary amides is 1. The first-order valence-corrected chi connectivity index (χ1v) is 11.8. The highest BCUT2D eigenvalue weighted by atomic mass is 16.5. The van der Waals surface area contributed by atoms with Crippen LogP contribution in [0, 0.1) is 0 Å². The summed E-state index contributed by atoms with van der Waals surface area (Å²) in [6.45, 7) is 5.63. The summed E-state index contributed by atoms with van der Waals surface area (Å²) in [6, 6.07) is 6.62. The molecule has 1 atom stereocenters. The average molecular weight is 443 g/mol. The van der Waals surface area contributed by atoms with Crippen molar-refractivity contribution in [2.24, 2.45) is 5.73 Å². The van der Waals surface area contributed by atoms with Gasteiger partial charge in [0, 0.05) is 13.1 Å². The third-order valence-electron chi connectivity index (χ3n) is 7.18. The lowest BCUT2D eigenvalue weighted by Crippen LogP contribution is -2.64. The fourth-order valence-electron chi connectivity index (χ4n) is 5.33. The number of nitrogens with two attached hydrogens (primary N) is 1. The fraction of sp³-hybridized carbons (Fsp3) is 0.625. The number of imide groups is 1. The Morgan fingerprint density at radius 1 is 1.06 bits per heavy atom. The summed E-state index contributed by atoms with van der Waals surface area (Å²) < 4.78 is 5.59. The van der Waals surface area contributed by atoms with E-state index in [1.165, 1.54) is 11.3 Å². The zero-order valence-corrected chi connectivity index (χ0v) is 18.9. The second-order valence-electron chi connectivity index (χ2n) is 9.11. The molecule has 8 nitrogen and oxygen atoms in total. The highest BCUT2D eigenvalue weighted by Gasteiger charge is 2.49.